The summed E-state index contributed by atoms with van der Waals surface area (Å²) in [6.07, 6.45) is 8.86. The van der Waals surface area contributed by atoms with E-state index in [0.29, 0.717) is 85.3 Å². The maximum Gasteiger partial charge on any atom is 0.339 e. The fourth-order valence-electron chi connectivity index (χ4n) is 14.5. The molecule has 4 fully saturated rings. The number of carboxylic acid groups (broad SMARTS) is 2. The summed E-state index contributed by atoms with van der Waals surface area (Å²) in [5, 5.41) is 29.7. The number of benzene rings is 11. The Labute approximate surface area is 669 Å². The number of piperidine rings is 2. The van der Waals surface area contributed by atoms with Gasteiger partial charge in [0.25, 0.3) is 0 Å². The Kier molecular flexibility index (Phi) is 24.8. The van der Waals surface area contributed by atoms with Gasteiger partial charge in [0.2, 0.25) is 22.7 Å². The van der Waals surface area contributed by atoms with Crippen LogP contribution >= 0.6 is 59.4 Å². The van der Waals surface area contributed by atoms with Gasteiger partial charge >= 0.3 is 11.9 Å². The zero-order chi connectivity index (χ0) is 78.0. The number of carboxylic acids is 2. The molecule has 2 amide bonds. The van der Waals surface area contributed by atoms with E-state index >= 15 is 0 Å². The van der Waals surface area contributed by atoms with Crippen molar-refractivity contribution in [1.29, 1.82) is 0 Å². The number of anilines is 2. The van der Waals surface area contributed by atoms with E-state index in [9.17, 15) is 33.6 Å². The normalized spacial score (nSPS) is 16.2. The molecule has 111 heavy (non-hydrogen) atoms. The van der Waals surface area contributed by atoms with E-state index < -0.39 is 11.9 Å². The van der Waals surface area contributed by atoms with Gasteiger partial charge in [-0.1, -0.05) is 174 Å². The molecule has 2 aromatic heterocycles. The zero-order valence-electron chi connectivity index (χ0n) is 60.4. The lowest BCUT2D eigenvalue weighted by atomic mass is 9.84. The van der Waals surface area contributed by atoms with Gasteiger partial charge in [0.15, 0.2) is 0 Å². The minimum Gasteiger partial charge on any atom is -0.478 e. The molecular formula is C90H74Br3ClN4O13. The lowest BCUT2D eigenvalue weighted by Crippen LogP contribution is -2.39. The highest BCUT2D eigenvalue weighted by Crippen LogP contribution is 2.50. The number of para-hydroxylation sites is 6. The summed E-state index contributed by atoms with van der Waals surface area (Å²) < 4.78 is 26.0. The first-order valence-electron chi connectivity index (χ1n) is 36.0. The Balaban J connectivity index is 0.000000122. The number of halogens is 4. The molecule has 11 aromatic carbocycles. The third-order valence-electron chi connectivity index (χ3n) is 19.7. The molecule has 4 bridgehead atoms. The number of aromatic carboxylic acids is 2. The van der Waals surface area contributed by atoms with Gasteiger partial charge in [0, 0.05) is 97.9 Å². The molecule has 17 nitrogen and oxygen atoms in total. The lowest BCUT2D eigenvalue weighted by molar-refractivity contribution is -0.123. The van der Waals surface area contributed by atoms with Crippen LogP contribution in [0.25, 0.3) is 71.7 Å². The molecule has 0 radical (unpaired) electrons. The van der Waals surface area contributed by atoms with Crippen LogP contribution in [0.3, 0.4) is 0 Å². The Morgan fingerprint density at radius 1 is 0.468 bits per heavy atom. The number of fused-ring (bicyclic) bond motifs is 10. The smallest absolute Gasteiger partial charge is 0.339 e. The van der Waals surface area contributed by atoms with Crippen molar-refractivity contribution in [2.45, 2.75) is 89.4 Å². The number of carbonyl (C=O) groups excluding carboxylic acids is 3. The van der Waals surface area contributed by atoms with Gasteiger partial charge in [-0.3, -0.25) is 28.9 Å². The lowest BCUT2D eigenvalue weighted by Gasteiger charge is -2.30. The van der Waals surface area contributed by atoms with E-state index in [4.69, 9.17) is 40.1 Å². The number of carbonyl (C=O) groups is 5. The standard InChI is InChI=1S/C28H26N2O2.C21H15NO3.C13H9BrO3.C13H7BrO2.C8H13NO.C7H4BrClO2/c1-17(31)29-25-8-4-2-6-22(25)18-10-13-24-27(16-18)32-26-9-5-3-7-23(26)28(24)19-14-20-11-12-21(15-19)30-20;1-13(23)22-18-8-4-2-6-15(18)14-10-11-17-20(12-14)25-19-9-5-3-7-16(19)21(17)24;14-9-6-7-11(13(15)16)12(8-9)17-10-4-2-1-3-5-10;14-8-5-6-10-12(7-8)16-11-4-2-1-3-9(11)13(10)15;1-9-6-2-3-7(9)5-8(10)4-6;8-4-1-2-5(7(10)11)6(9)3-4/h2-10,13,16,20-21,30H,11-12,14-15H2,1H3,(H,29,31);2-12H,1H3,(H,22,23);1-8H,(H,15,16);1-7H;6-7H,2-5H2,1H3;1-3H,(H,10,11). The Hall–Kier alpha value is -11.1. The molecule has 4 unspecified atom stereocenters. The monoisotopic (exact) mass is 1690 g/mol. The molecule has 4 saturated heterocycles. The molecule has 0 spiro atoms. The van der Waals surface area contributed by atoms with Crippen molar-refractivity contribution >= 4 is 150 Å². The van der Waals surface area contributed by atoms with Gasteiger partial charge in [-0.25, -0.2) is 9.59 Å². The number of amides is 2. The van der Waals surface area contributed by atoms with E-state index in [0.717, 1.165) is 84.2 Å². The highest BCUT2D eigenvalue weighted by atomic mass is 79.9. The molecule has 5 aliphatic rings. The maximum atomic E-state index is 12.6. The molecule has 18 rings (SSSR count). The molecule has 13 aromatic rings. The van der Waals surface area contributed by atoms with Crippen LogP contribution in [0.5, 0.6) is 23.0 Å². The van der Waals surface area contributed by atoms with Crippen LogP contribution in [-0.4, -0.2) is 75.9 Å². The Bertz CT molecular complexity index is 5880. The van der Waals surface area contributed by atoms with E-state index in [-0.39, 0.29) is 38.8 Å². The fourth-order valence-corrected chi connectivity index (χ4v) is 16.0. The molecule has 4 atom stereocenters. The van der Waals surface area contributed by atoms with Crippen molar-refractivity contribution in [2.75, 3.05) is 17.7 Å². The summed E-state index contributed by atoms with van der Waals surface area (Å²) in [5.41, 5.74) is 13.1. The highest BCUT2D eigenvalue weighted by molar-refractivity contribution is 9.11. The zero-order valence-corrected chi connectivity index (χ0v) is 65.9. The predicted molar refractivity (Wildman–Crippen MR) is 448 cm³/mol. The van der Waals surface area contributed by atoms with Crippen molar-refractivity contribution in [3.8, 4) is 45.3 Å². The van der Waals surface area contributed by atoms with Crippen LogP contribution < -0.4 is 36.3 Å². The minimum absolute atomic E-state index is 0.0179. The van der Waals surface area contributed by atoms with Gasteiger partial charge < -0.3 is 44.5 Å². The number of hydrogen-bond donors (Lipinski definition) is 5. The maximum absolute atomic E-state index is 12.6. The summed E-state index contributed by atoms with van der Waals surface area (Å²) in [6, 6.07) is 76.5. The van der Waals surface area contributed by atoms with Crippen LogP contribution in [-0.2, 0) is 14.4 Å². The summed E-state index contributed by atoms with van der Waals surface area (Å²) in [5.74, 6) is 0.967. The van der Waals surface area contributed by atoms with Gasteiger partial charge in [-0.05, 0) is 196 Å². The van der Waals surface area contributed by atoms with Crippen molar-refractivity contribution in [3.05, 3.63) is 309 Å². The van der Waals surface area contributed by atoms with Crippen LogP contribution in [0.1, 0.15) is 97.1 Å². The van der Waals surface area contributed by atoms with Gasteiger partial charge in [0.05, 0.1) is 32.1 Å². The molecule has 5 N–H and O–H groups in total. The Morgan fingerprint density at radius 3 is 1.50 bits per heavy atom. The third-order valence-corrected chi connectivity index (χ3v) is 21.5. The SMILES string of the molecule is CC(=O)Nc1ccccc1-c1ccc2c(=O)c3ccccc3oc2c1.CC(=O)Nc1ccccc1-c1ccc2c(c1)Oc1ccccc1C2=C1CC2CCC(C1)N2.CN1C2CCC1CC(=O)C2.O=C(O)c1ccc(Br)cc1Cl.O=C(O)c1ccc(Br)cc1Oc1ccccc1.O=c1c2ccccc2oc2cc(Br)ccc12. The van der Waals surface area contributed by atoms with E-state index in [1.165, 1.54) is 68.4 Å². The first kappa shape index (κ1) is 78.0. The topological polar surface area (TPSA) is 244 Å². The molecule has 0 aliphatic carbocycles. The molecule has 21 heteroatoms. The van der Waals surface area contributed by atoms with Crippen LogP contribution in [0, 0.1) is 0 Å². The number of hydrogen-bond acceptors (Lipinski definition) is 13. The summed E-state index contributed by atoms with van der Waals surface area (Å²) in [6.45, 7) is 3.01. The Morgan fingerprint density at radius 2 is 0.928 bits per heavy atom. The fraction of sp³-hybridized carbons (Fsp3) is 0.167. The van der Waals surface area contributed by atoms with Gasteiger partial charge in [-0.15, -0.1) is 0 Å². The minimum atomic E-state index is -1.01. The van der Waals surface area contributed by atoms with Crippen LogP contribution in [0.2, 0.25) is 5.02 Å². The average molecular weight is 1690 g/mol. The van der Waals surface area contributed by atoms with Gasteiger partial charge in [-0.2, -0.15) is 0 Å². The van der Waals surface area contributed by atoms with E-state index in [1.807, 2.05) is 121 Å². The third kappa shape index (κ3) is 18.7. The average Bonchev–Trinajstić information content (AvgIpc) is 1.44. The largest absolute Gasteiger partial charge is 0.478 e. The second kappa shape index (κ2) is 35.3. The van der Waals surface area contributed by atoms with Crippen molar-refractivity contribution in [3.63, 3.8) is 0 Å². The summed E-state index contributed by atoms with van der Waals surface area (Å²) in [4.78, 5) is 82.8. The van der Waals surface area contributed by atoms with E-state index in [1.54, 1.807) is 78.4 Å². The summed E-state index contributed by atoms with van der Waals surface area (Å²) >= 11 is 15.4. The first-order chi connectivity index (χ1) is 53.6. The van der Waals surface area contributed by atoms with Crippen molar-refractivity contribution in [1.82, 2.24) is 10.2 Å². The van der Waals surface area contributed by atoms with Crippen molar-refractivity contribution < 1.29 is 52.5 Å². The number of ketones is 1. The van der Waals surface area contributed by atoms with Gasteiger partial charge in [0.1, 0.15) is 56.7 Å². The number of Topliss-reactive ketones (excluding diaryl/α,β-unsaturated/α-hetero) is 1. The predicted octanol–water partition coefficient (Wildman–Crippen LogP) is 22.0. The molecule has 5 aliphatic heterocycles. The number of nitrogens with one attached hydrogen (secondary N) is 3. The highest BCUT2D eigenvalue weighted by Gasteiger charge is 2.38. The summed E-state index contributed by atoms with van der Waals surface area (Å²) in [7, 11) is 2.15. The molecule has 560 valence electrons. The molecule has 7 heterocycles. The van der Waals surface area contributed by atoms with Crippen LogP contribution in [0.4, 0.5) is 11.4 Å². The number of ether oxygens (including phenoxy) is 2. The number of nitrogens with zero attached hydrogens (tertiary/aromatic N) is 1. The molecular weight excluding hydrogens is 1620 g/mol. The second-order valence-electron chi connectivity index (χ2n) is 27.3. The molecule has 0 saturated carbocycles. The van der Waals surface area contributed by atoms with Crippen molar-refractivity contribution in [2.24, 2.45) is 0 Å². The quantitative estimate of drug-likeness (QED) is 0.0888. The van der Waals surface area contributed by atoms with E-state index in [2.05, 4.69) is 112 Å². The van der Waals surface area contributed by atoms with Crippen LogP contribution in [0.15, 0.2) is 280 Å². The first-order valence-corrected chi connectivity index (χ1v) is 38.7. The second-order valence-corrected chi connectivity index (χ2v) is 30.4. The number of rotatable bonds is 8.